The number of rotatable bonds is 4. The fourth-order valence-corrected chi connectivity index (χ4v) is 4.55. The number of aromatic nitrogens is 3. The van der Waals surface area contributed by atoms with Gasteiger partial charge in [0.25, 0.3) is 5.56 Å². The molecule has 0 amide bonds. The van der Waals surface area contributed by atoms with Crippen LogP contribution in [0.3, 0.4) is 0 Å². The highest BCUT2D eigenvalue weighted by Gasteiger charge is 2.15. The molecule has 0 N–H and O–H groups in total. The summed E-state index contributed by atoms with van der Waals surface area (Å²) in [4.78, 5) is 31.4. The van der Waals surface area contributed by atoms with Gasteiger partial charge < -0.3 is 0 Å². The van der Waals surface area contributed by atoms with Crippen LogP contribution in [0.4, 0.5) is 0 Å². The summed E-state index contributed by atoms with van der Waals surface area (Å²) in [7, 11) is 1.55. The summed E-state index contributed by atoms with van der Waals surface area (Å²) in [6.07, 6.45) is 2.51. The molecule has 5 nitrogen and oxygen atoms in total. The van der Waals surface area contributed by atoms with Crippen LogP contribution in [0.1, 0.15) is 24.3 Å². The molecule has 0 saturated carbocycles. The lowest BCUT2D eigenvalue weighted by Crippen LogP contribution is -2.38. The van der Waals surface area contributed by atoms with Crippen molar-refractivity contribution in [3.05, 3.63) is 73.9 Å². The molecular formula is C21H21N3O2S. The molecule has 0 spiro atoms. The van der Waals surface area contributed by atoms with Crippen molar-refractivity contribution >= 4 is 32.5 Å². The molecule has 0 aliphatic carbocycles. The van der Waals surface area contributed by atoms with Gasteiger partial charge in [-0.15, -0.1) is 11.3 Å². The average molecular weight is 379 g/mol. The second-order valence-electron chi connectivity index (χ2n) is 7.29. The Hall–Kier alpha value is -2.73. The monoisotopic (exact) mass is 379 g/mol. The topological polar surface area (TPSA) is 56.9 Å². The molecule has 0 aliphatic heterocycles. The Kier molecular flexibility index (Phi) is 4.44. The number of benzene rings is 1. The van der Waals surface area contributed by atoms with E-state index in [-0.39, 0.29) is 11.2 Å². The van der Waals surface area contributed by atoms with Gasteiger partial charge in [-0.1, -0.05) is 26.0 Å². The summed E-state index contributed by atoms with van der Waals surface area (Å²) in [5, 5.41) is 1.73. The van der Waals surface area contributed by atoms with Crippen LogP contribution >= 0.6 is 11.3 Å². The molecule has 27 heavy (non-hydrogen) atoms. The Bertz CT molecular complexity index is 1260. The van der Waals surface area contributed by atoms with E-state index in [0.29, 0.717) is 17.8 Å². The quantitative estimate of drug-likeness (QED) is 0.545. The van der Waals surface area contributed by atoms with Crippen molar-refractivity contribution in [2.75, 3.05) is 0 Å². The Morgan fingerprint density at radius 3 is 2.74 bits per heavy atom. The zero-order valence-corrected chi connectivity index (χ0v) is 16.4. The molecule has 0 fully saturated rings. The summed E-state index contributed by atoms with van der Waals surface area (Å²) in [6, 6.07) is 12.1. The van der Waals surface area contributed by atoms with Gasteiger partial charge >= 0.3 is 5.69 Å². The van der Waals surface area contributed by atoms with Gasteiger partial charge in [0.2, 0.25) is 0 Å². The van der Waals surface area contributed by atoms with E-state index in [9.17, 15) is 9.59 Å². The highest BCUT2D eigenvalue weighted by molar-refractivity contribution is 7.18. The minimum absolute atomic E-state index is 0.222. The van der Waals surface area contributed by atoms with Crippen molar-refractivity contribution in [3.8, 4) is 0 Å². The third kappa shape index (κ3) is 3.21. The maximum atomic E-state index is 12.6. The Labute approximate surface area is 160 Å². The molecule has 3 heterocycles. The molecule has 1 aromatic carbocycles. The summed E-state index contributed by atoms with van der Waals surface area (Å²) in [5.41, 5.74) is 1.67. The van der Waals surface area contributed by atoms with Crippen molar-refractivity contribution < 1.29 is 0 Å². The first-order valence-electron chi connectivity index (χ1n) is 9.00. The molecule has 4 aromatic rings. The van der Waals surface area contributed by atoms with Gasteiger partial charge in [-0.2, -0.15) is 0 Å². The zero-order valence-electron chi connectivity index (χ0n) is 15.6. The Balaban J connectivity index is 1.81. The standard InChI is InChI=1S/C21H21N3O2S/c1-13(2)12-24-20-17(19(25)23(3)21(24)26)11-16(27-20)10-14-6-7-18-15(9-14)5-4-8-22-18/h4-9,11,13H,10,12H2,1-3H3. The molecule has 3 aromatic heterocycles. The van der Waals surface area contributed by atoms with E-state index >= 15 is 0 Å². The second-order valence-corrected chi connectivity index (χ2v) is 8.41. The van der Waals surface area contributed by atoms with Crippen LogP contribution in [0.2, 0.25) is 0 Å². The number of hydrogen-bond acceptors (Lipinski definition) is 4. The first-order valence-corrected chi connectivity index (χ1v) is 9.81. The van der Waals surface area contributed by atoms with Gasteiger partial charge in [-0.05, 0) is 35.7 Å². The van der Waals surface area contributed by atoms with Gasteiger partial charge in [0.15, 0.2) is 0 Å². The van der Waals surface area contributed by atoms with Crippen molar-refractivity contribution in [3.63, 3.8) is 0 Å². The maximum absolute atomic E-state index is 12.6. The summed E-state index contributed by atoms with van der Waals surface area (Å²) in [5.74, 6) is 0.321. The molecule has 0 bridgehead atoms. The van der Waals surface area contributed by atoms with Crippen LogP contribution in [0.25, 0.3) is 21.1 Å². The smallest absolute Gasteiger partial charge is 0.284 e. The van der Waals surface area contributed by atoms with Crippen molar-refractivity contribution in [2.24, 2.45) is 13.0 Å². The van der Waals surface area contributed by atoms with E-state index in [0.717, 1.165) is 32.6 Å². The van der Waals surface area contributed by atoms with Gasteiger partial charge in [-0.25, -0.2) is 4.79 Å². The highest BCUT2D eigenvalue weighted by atomic mass is 32.1. The van der Waals surface area contributed by atoms with E-state index in [1.807, 2.05) is 24.3 Å². The predicted octanol–water partition coefficient (Wildman–Crippen LogP) is 3.56. The second kappa shape index (κ2) is 6.78. The van der Waals surface area contributed by atoms with E-state index < -0.39 is 0 Å². The zero-order chi connectivity index (χ0) is 19.1. The third-order valence-corrected chi connectivity index (χ3v) is 5.81. The van der Waals surface area contributed by atoms with E-state index in [1.54, 1.807) is 17.8 Å². The molecule has 0 saturated heterocycles. The van der Waals surface area contributed by atoms with E-state index in [2.05, 4.69) is 31.0 Å². The van der Waals surface area contributed by atoms with Crippen LogP contribution in [-0.4, -0.2) is 14.1 Å². The number of hydrogen-bond donors (Lipinski definition) is 0. The van der Waals surface area contributed by atoms with Crippen LogP contribution in [0.15, 0.2) is 52.2 Å². The third-order valence-electron chi connectivity index (χ3n) is 4.66. The van der Waals surface area contributed by atoms with Gasteiger partial charge in [0.05, 0.1) is 10.9 Å². The van der Waals surface area contributed by atoms with Crippen molar-refractivity contribution in [2.45, 2.75) is 26.8 Å². The minimum Gasteiger partial charge on any atom is -0.284 e. The molecule has 0 radical (unpaired) electrons. The normalized spacial score (nSPS) is 11.7. The van der Waals surface area contributed by atoms with Gasteiger partial charge in [-0.3, -0.25) is 18.9 Å². The molecule has 6 heteroatoms. The van der Waals surface area contributed by atoms with Crippen molar-refractivity contribution in [1.82, 2.24) is 14.1 Å². The Morgan fingerprint density at radius 1 is 1.15 bits per heavy atom. The fourth-order valence-electron chi connectivity index (χ4n) is 3.37. The minimum atomic E-state index is -0.244. The molecule has 4 rings (SSSR count). The van der Waals surface area contributed by atoms with E-state index in [1.165, 1.54) is 15.9 Å². The fraction of sp³-hybridized carbons (Fsp3) is 0.286. The van der Waals surface area contributed by atoms with E-state index in [4.69, 9.17) is 0 Å². The molecular weight excluding hydrogens is 358 g/mol. The SMILES string of the molecule is CC(C)Cn1c(=O)n(C)c(=O)c2cc(Cc3ccc4ncccc4c3)sc21. The van der Waals surface area contributed by atoms with Crippen LogP contribution in [-0.2, 0) is 20.0 Å². The summed E-state index contributed by atoms with van der Waals surface area (Å²) in [6.45, 7) is 4.74. The average Bonchev–Trinajstić information content (AvgIpc) is 3.07. The first-order chi connectivity index (χ1) is 12.9. The number of fused-ring (bicyclic) bond motifs is 2. The number of nitrogens with zero attached hydrogens (tertiary/aromatic N) is 3. The largest absolute Gasteiger partial charge is 0.331 e. The molecule has 0 unspecified atom stereocenters. The highest BCUT2D eigenvalue weighted by Crippen LogP contribution is 2.26. The lowest BCUT2D eigenvalue weighted by molar-refractivity contribution is 0.504. The summed E-state index contributed by atoms with van der Waals surface area (Å²) >= 11 is 1.54. The molecule has 0 aliphatic rings. The number of thiophene rings is 1. The van der Waals surface area contributed by atoms with Gasteiger partial charge in [0.1, 0.15) is 4.83 Å². The summed E-state index contributed by atoms with van der Waals surface area (Å²) < 4.78 is 2.95. The molecule has 0 atom stereocenters. The van der Waals surface area contributed by atoms with Gasteiger partial charge in [0, 0.05) is 36.5 Å². The molecule has 138 valence electrons. The van der Waals surface area contributed by atoms with Crippen LogP contribution in [0.5, 0.6) is 0 Å². The maximum Gasteiger partial charge on any atom is 0.331 e. The number of pyridine rings is 1. The lowest BCUT2D eigenvalue weighted by atomic mass is 10.1. The first kappa shape index (κ1) is 17.7. The lowest BCUT2D eigenvalue weighted by Gasteiger charge is -2.11. The van der Waals surface area contributed by atoms with Crippen LogP contribution < -0.4 is 11.2 Å². The predicted molar refractivity (Wildman–Crippen MR) is 111 cm³/mol. The van der Waals surface area contributed by atoms with Crippen LogP contribution in [0, 0.1) is 5.92 Å². The Morgan fingerprint density at radius 2 is 1.96 bits per heavy atom. The van der Waals surface area contributed by atoms with Crippen molar-refractivity contribution in [1.29, 1.82) is 0 Å².